The highest BCUT2D eigenvalue weighted by Crippen LogP contribution is 2.13. The molecule has 5 heteroatoms. The first-order chi connectivity index (χ1) is 8.01. The summed E-state index contributed by atoms with van der Waals surface area (Å²) in [6, 6.07) is -0.359. The molecule has 0 radical (unpaired) electrons. The van der Waals surface area contributed by atoms with Gasteiger partial charge in [0.1, 0.15) is 6.04 Å². The molecule has 1 aromatic rings. The van der Waals surface area contributed by atoms with Crippen LogP contribution < -0.4 is 11.1 Å². The van der Waals surface area contributed by atoms with E-state index in [1.807, 2.05) is 25.5 Å². The Hall–Kier alpha value is -1.36. The highest BCUT2D eigenvalue weighted by Gasteiger charge is 2.18. The smallest absolute Gasteiger partial charge is 0.236 e. The van der Waals surface area contributed by atoms with Crippen molar-refractivity contribution in [2.24, 2.45) is 5.73 Å². The molecule has 0 fully saturated rings. The lowest BCUT2D eigenvalue weighted by Gasteiger charge is -2.15. The van der Waals surface area contributed by atoms with Gasteiger partial charge in [-0.1, -0.05) is 13.8 Å². The third-order valence-electron chi connectivity index (χ3n) is 3.03. The Morgan fingerprint density at radius 3 is 2.53 bits per heavy atom. The second-order valence-electron chi connectivity index (χ2n) is 4.20. The van der Waals surface area contributed by atoms with E-state index in [1.165, 1.54) is 5.56 Å². The fourth-order valence-electron chi connectivity index (χ4n) is 2.10. The van der Waals surface area contributed by atoms with E-state index in [0.29, 0.717) is 13.1 Å². The Morgan fingerprint density at radius 2 is 2.12 bits per heavy atom. The summed E-state index contributed by atoms with van der Waals surface area (Å²) in [4.78, 5) is 11.3. The van der Waals surface area contributed by atoms with Crippen molar-refractivity contribution < 1.29 is 4.79 Å². The zero-order valence-corrected chi connectivity index (χ0v) is 11.1. The third-order valence-corrected chi connectivity index (χ3v) is 3.03. The van der Waals surface area contributed by atoms with Gasteiger partial charge in [0, 0.05) is 5.69 Å². The number of nitrogens with zero attached hydrogens (tertiary/aromatic N) is 2. The number of nitrogens with one attached hydrogen (secondary N) is 1. The highest BCUT2D eigenvalue weighted by molar-refractivity contribution is 5.79. The van der Waals surface area contributed by atoms with Gasteiger partial charge in [0.15, 0.2) is 0 Å². The molecule has 3 N–H and O–H groups in total. The van der Waals surface area contributed by atoms with Crippen LogP contribution in [0, 0.1) is 13.8 Å². The third kappa shape index (κ3) is 3.06. The van der Waals surface area contributed by atoms with Gasteiger partial charge in [-0.25, -0.2) is 0 Å². The number of hydrogen-bond acceptors (Lipinski definition) is 3. The molecular formula is C12H22N4O. The lowest BCUT2D eigenvalue weighted by atomic mass is 10.1. The van der Waals surface area contributed by atoms with Crippen LogP contribution in [0.2, 0.25) is 0 Å². The van der Waals surface area contributed by atoms with E-state index in [4.69, 9.17) is 5.73 Å². The average molecular weight is 238 g/mol. The van der Waals surface area contributed by atoms with Crippen molar-refractivity contribution in [3.8, 4) is 0 Å². The van der Waals surface area contributed by atoms with Crippen molar-refractivity contribution in [2.75, 3.05) is 6.54 Å². The van der Waals surface area contributed by atoms with Gasteiger partial charge in [-0.05, 0) is 32.4 Å². The number of carbonyl (C=O) groups excluding carboxylic acids is 1. The Balaban J connectivity index is 2.90. The van der Waals surface area contributed by atoms with Gasteiger partial charge in [0.2, 0.25) is 5.91 Å². The maximum Gasteiger partial charge on any atom is 0.236 e. The number of rotatable bonds is 6. The van der Waals surface area contributed by atoms with Gasteiger partial charge in [0.25, 0.3) is 0 Å². The summed E-state index contributed by atoms with van der Waals surface area (Å²) in [6.07, 6.45) is 0.958. The Kier molecular flexibility index (Phi) is 4.69. The number of aromatic nitrogens is 2. The summed E-state index contributed by atoms with van der Waals surface area (Å²) < 4.78 is 1.87. The van der Waals surface area contributed by atoms with Crippen LogP contribution in [0.3, 0.4) is 0 Å². The van der Waals surface area contributed by atoms with Crippen molar-refractivity contribution in [2.45, 2.75) is 46.7 Å². The number of hydrogen-bond donors (Lipinski definition) is 2. The van der Waals surface area contributed by atoms with Crippen molar-refractivity contribution in [1.29, 1.82) is 0 Å². The maximum absolute atomic E-state index is 11.3. The predicted molar refractivity (Wildman–Crippen MR) is 67.7 cm³/mol. The number of aryl methyl sites for hydroxylation is 1. The molecule has 1 atom stereocenters. The number of amides is 1. The van der Waals surface area contributed by atoms with Crippen LogP contribution in [0.4, 0.5) is 0 Å². The van der Waals surface area contributed by atoms with E-state index in [2.05, 4.69) is 17.3 Å². The highest BCUT2D eigenvalue weighted by atomic mass is 16.1. The molecule has 0 saturated heterocycles. The molecule has 0 aliphatic rings. The molecular weight excluding hydrogens is 216 g/mol. The van der Waals surface area contributed by atoms with Crippen LogP contribution in [0.1, 0.15) is 30.8 Å². The van der Waals surface area contributed by atoms with Crippen LogP contribution in [-0.4, -0.2) is 28.3 Å². The monoisotopic (exact) mass is 238 g/mol. The summed E-state index contributed by atoms with van der Waals surface area (Å²) >= 11 is 0. The SMILES string of the molecule is CCNC(Cn1nc(C)c(CC)c1C)C(N)=O. The van der Waals surface area contributed by atoms with E-state index in [1.54, 1.807) is 0 Å². The Labute approximate surface area is 102 Å². The van der Waals surface area contributed by atoms with Crippen molar-refractivity contribution in [1.82, 2.24) is 15.1 Å². The number of carbonyl (C=O) groups is 1. The van der Waals surface area contributed by atoms with Crippen molar-refractivity contribution in [3.05, 3.63) is 17.0 Å². The quantitative estimate of drug-likeness (QED) is 0.759. The zero-order valence-electron chi connectivity index (χ0n) is 11.1. The van der Waals surface area contributed by atoms with E-state index in [0.717, 1.165) is 17.8 Å². The fraction of sp³-hybridized carbons (Fsp3) is 0.667. The average Bonchev–Trinajstić information content (AvgIpc) is 2.53. The summed E-state index contributed by atoms with van der Waals surface area (Å²) in [7, 11) is 0. The summed E-state index contributed by atoms with van der Waals surface area (Å²) in [5.41, 5.74) is 8.76. The second kappa shape index (κ2) is 5.82. The molecule has 1 rings (SSSR count). The molecule has 0 aliphatic carbocycles. The van der Waals surface area contributed by atoms with Gasteiger partial charge in [-0.3, -0.25) is 9.48 Å². The summed E-state index contributed by atoms with van der Waals surface area (Å²) in [5.74, 6) is -0.336. The van der Waals surface area contributed by atoms with Crippen molar-refractivity contribution >= 4 is 5.91 Å². The second-order valence-corrected chi connectivity index (χ2v) is 4.20. The number of nitrogens with two attached hydrogens (primary N) is 1. The zero-order chi connectivity index (χ0) is 13.0. The molecule has 0 spiro atoms. The number of likely N-dealkylation sites (N-methyl/N-ethyl adjacent to an activating group) is 1. The van der Waals surface area contributed by atoms with Gasteiger partial charge >= 0.3 is 0 Å². The molecule has 17 heavy (non-hydrogen) atoms. The molecule has 0 bridgehead atoms. The standard InChI is InChI=1S/C12H22N4O/c1-5-10-8(3)15-16(9(10)4)7-11(12(13)17)14-6-2/h11,14H,5-7H2,1-4H3,(H2,13,17). The van der Waals surface area contributed by atoms with Crippen LogP contribution in [0.5, 0.6) is 0 Å². The first-order valence-corrected chi connectivity index (χ1v) is 6.06. The maximum atomic E-state index is 11.3. The normalized spacial score (nSPS) is 12.7. The molecule has 1 aromatic heterocycles. The van der Waals surface area contributed by atoms with E-state index >= 15 is 0 Å². The molecule has 96 valence electrons. The predicted octanol–water partition coefficient (Wildman–Crippen LogP) is 0.526. The molecule has 0 aromatic carbocycles. The van der Waals surface area contributed by atoms with E-state index in [-0.39, 0.29) is 11.9 Å². The molecule has 1 unspecified atom stereocenters. The van der Waals surface area contributed by atoms with Crippen LogP contribution in [0.15, 0.2) is 0 Å². The van der Waals surface area contributed by atoms with Crippen LogP contribution in [0.25, 0.3) is 0 Å². The number of primary amides is 1. The topological polar surface area (TPSA) is 72.9 Å². The van der Waals surface area contributed by atoms with Gasteiger partial charge in [-0.15, -0.1) is 0 Å². The van der Waals surface area contributed by atoms with Crippen LogP contribution in [-0.2, 0) is 17.8 Å². The van der Waals surface area contributed by atoms with E-state index < -0.39 is 0 Å². The van der Waals surface area contributed by atoms with Gasteiger partial charge < -0.3 is 11.1 Å². The summed E-state index contributed by atoms with van der Waals surface area (Å²) in [6.45, 7) is 9.30. The molecule has 1 amide bonds. The molecule has 1 heterocycles. The molecule has 5 nitrogen and oxygen atoms in total. The first-order valence-electron chi connectivity index (χ1n) is 6.06. The minimum Gasteiger partial charge on any atom is -0.368 e. The fourth-order valence-corrected chi connectivity index (χ4v) is 2.10. The van der Waals surface area contributed by atoms with Crippen molar-refractivity contribution in [3.63, 3.8) is 0 Å². The summed E-state index contributed by atoms with van der Waals surface area (Å²) in [5, 5.41) is 7.52. The van der Waals surface area contributed by atoms with Gasteiger partial charge in [0.05, 0.1) is 12.2 Å². The molecule has 0 saturated carbocycles. The molecule has 0 aliphatic heterocycles. The minimum absolute atomic E-state index is 0.336. The largest absolute Gasteiger partial charge is 0.368 e. The Bertz CT molecular complexity index is 397. The minimum atomic E-state index is -0.359. The van der Waals surface area contributed by atoms with Gasteiger partial charge in [-0.2, -0.15) is 5.10 Å². The lowest BCUT2D eigenvalue weighted by molar-refractivity contribution is -0.120. The van der Waals surface area contributed by atoms with Crippen LogP contribution >= 0.6 is 0 Å². The Morgan fingerprint density at radius 1 is 1.47 bits per heavy atom. The first kappa shape index (κ1) is 13.7. The lowest BCUT2D eigenvalue weighted by Crippen LogP contribution is -2.44. The van der Waals surface area contributed by atoms with E-state index in [9.17, 15) is 4.79 Å².